The van der Waals surface area contributed by atoms with Crippen molar-refractivity contribution >= 4 is 17.5 Å². The lowest BCUT2D eigenvalue weighted by Gasteiger charge is -2.37. The molecule has 0 N–H and O–H groups in total. The standard InChI is InChI=1S/C17H25N5O/c1-20-11-15(23)22(13-6-5-7-13)10-14-16(20)18-12-19-17(14)21-8-3-2-4-9-21/h12-13H,2-11H2,1H3. The van der Waals surface area contributed by atoms with Gasteiger partial charge < -0.3 is 14.7 Å². The fourth-order valence-electron chi connectivity index (χ4n) is 3.90. The van der Waals surface area contributed by atoms with Gasteiger partial charge >= 0.3 is 0 Å². The van der Waals surface area contributed by atoms with Gasteiger partial charge in [0, 0.05) is 26.2 Å². The number of fused-ring (bicyclic) bond motifs is 1. The minimum absolute atomic E-state index is 0.222. The maximum Gasteiger partial charge on any atom is 0.242 e. The van der Waals surface area contributed by atoms with Gasteiger partial charge in [0.1, 0.15) is 18.0 Å². The molecule has 1 aromatic rings. The molecular formula is C17H25N5O. The number of carbonyl (C=O) groups excluding carboxylic acids is 1. The number of amides is 1. The van der Waals surface area contributed by atoms with Crippen molar-refractivity contribution in [3.05, 3.63) is 11.9 Å². The van der Waals surface area contributed by atoms with E-state index in [1.807, 2.05) is 11.9 Å². The van der Waals surface area contributed by atoms with Gasteiger partial charge in [-0.1, -0.05) is 0 Å². The third-order valence-corrected chi connectivity index (χ3v) is 5.45. The van der Waals surface area contributed by atoms with Gasteiger partial charge in [0.05, 0.1) is 18.7 Å². The molecule has 0 aromatic carbocycles. The van der Waals surface area contributed by atoms with E-state index >= 15 is 0 Å². The zero-order valence-corrected chi connectivity index (χ0v) is 13.9. The van der Waals surface area contributed by atoms with Crippen LogP contribution in [0.25, 0.3) is 0 Å². The molecule has 1 amide bonds. The van der Waals surface area contributed by atoms with Crippen molar-refractivity contribution in [2.45, 2.75) is 51.1 Å². The Bertz CT molecular complexity index is 595. The Morgan fingerprint density at radius 1 is 1.00 bits per heavy atom. The molecule has 2 aliphatic heterocycles. The van der Waals surface area contributed by atoms with Crippen LogP contribution in [0.1, 0.15) is 44.1 Å². The summed E-state index contributed by atoms with van der Waals surface area (Å²) in [5, 5.41) is 0. The molecule has 6 heteroatoms. The van der Waals surface area contributed by atoms with Crippen LogP contribution in [0.15, 0.2) is 6.33 Å². The van der Waals surface area contributed by atoms with Gasteiger partial charge in [0.2, 0.25) is 5.91 Å². The molecule has 1 aromatic heterocycles. The quantitative estimate of drug-likeness (QED) is 0.833. The predicted molar refractivity (Wildman–Crippen MR) is 89.6 cm³/mol. The zero-order valence-electron chi connectivity index (χ0n) is 13.9. The summed E-state index contributed by atoms with van der Waals surface area (Å²) in [7, 11) is 1.97. The molecule has 3 aliphatic rings. The highest BCUT2D eigenvalue weighted by molar-refractivity contribution is 5.84. The molecule has 1 saturated heterocycles. The fraction of sp³-hybridized carbons (Fsp3) is 0.706. The van der Waals surface area contributed by atoms with E-state index in [9.17, 15) is 4.79 Å². The van der Waals surface area contributed by atoms with E-state index < -0.39 is 0 Å². The smallest absolute Gasteiger partial charge is 0.242 e. The summed E-state index contributed by atoms with van der Waals surface area (Å²) in [6.07, 6.45) is 8.91. The summed E-state index contributed by atoms with van der Waals surface area (Å²) in [5.41, 5.74) is 1.13. The van der Waals surface area contributed by atoms with Crippen molar-refractivity contribution < 1.29 is 4.79 Å². The fourth-order valence-corrected chi connectivity index (χ4v) is 3.90. The molecule has 3 heterocycles. The van der Waals surface area contributed by atoms with Crippen LogP contribution in [0.2, 0.25) is 0 Å². The maximum absolute atomic E-state index is 12.6. The van der Waals surface area contributed by atoms with Gasteiger partial charge in [-0.3, -0.25) is 4.79 Å². The van der Waals surface area contributed by atoms with Crippen molar-refractivity contribution in [3.8, 4) is 0 Å². The van der Waals surface area contributed by atoms with Crippen LogP contribution in [-0.2, 0) is 11.3 Å². The topological polar surface area (TPSA) is 52.6 Å². The summed E-state index contributed by atoms with van der Waals surface area (Å²) in [6, 6.07) is 0.413. The lowest BCUT2D eigenvalue weighted by molar-refractivity contribution is -0.134. The van der Waals surface area contributed by atoms with Crippen molar-refractivity contribution in [2.75, 3.05) is 36.5 Å². The van der Waals surface area contributed by atoms with Crippen molar-refractivity contribution in [1.82, 2.24) is 14.9 Å². The number of anilines is 2. The third kappa shape index (κ3) is 2.64. The highest BCUT2D eigenvalue weighted by atomic mass is 16.2. The van der Waals surface area contributed by atoms with E-state index in [4.69, 9.17) is 0 Å². The first-order valence-electron chi connectivity index (χ1n) is 8.83. The Balaban J connectivity index is 1.71. The maximum atomic E-state index is 12.6. The SMILES string of the molecule is CN1CC(=O)N(C2CCC2)Cc2c1ncnc2N1CCCCC1. The number of piperidine rings is 1. The van der Waals surface area contributed by atoms with Crippen LogP contribution in [0, 0.1) is 0 Å². The van der Waals surface area contributed by atoms with Crippen LogP contribution in [-0.4, -0.2) is 53.5 Å². The van der Waals surface area contributed by atoms with E-state index in [-0.39, 0.29) is 5.91 Å². The molecule has 0 unspecified atom stereocenters. The molecule has 2 fully saturated rings. The molecule has 0 atom stereocenters. The number of carbonyl (C=O) groups is 1. The number of nitrogens with zero attached hydrogens (tertiary/aromatic N) is 5. The van der Waals surface area contributed by atoms with E-state index in [0.717, 1.165) is 43.1 Å². The lowest BCUT2D eigenvalue weighted by atomic mass is 9.91. The summed E-state index contributed by atoms with van der Waals surface area (Å²) in [4.78, 5) is 28.2. The highest BCUT2D eigenvalue weighted by Gasteiger charge is 2.34. The largest absolute Gasteiger partial charge is 0.356 e. The molecule has 0 spiro atoms. The number of hydrogen-bond acceptors (Lipinski definition) is 5. The van der Waals surface area contributed by atoms with E-state index in [2.05, 4.69) is 19.8 Å². The molecule has 1 aliphatic carbocycles. The van der Waals surface area contributed by atoms with Gasteiger partial charge in [-0.05, 0) is 38.5 Å². The van der Waals surface area contributed by atoms with Gasteiger partial charge in [-0.15, -0.1) is 0 Å². The molecule has 124 valence electrons. The number of likely N-dealkylation sites (N-methyl/N-ethyl adjacent to an activating group) is 1. The Morgan fingerprint density at radius 2 is 1.74 bits per heavy atom. The average molecular weight is 315 g/mol. The van der Waals surface area contributed by atoms with Crippen molar-refractivity contribution in [1.29, 1.82) is 0 Å². The Morgan fingerprint density at radius 3 is 2.43 bits per heavy atom. The van der Waals surface area contributed by atoms with Crippen molar-refractivity contribution in [3.63, 3.8) is 0 Å². The lowest BCUT2D eigenvalue weighted by Crippen LogP contribution is -2.45. The van der Waals surface area contributed by atoms with E-state index in [1.165, 1.54) is 25.7 Å². The molecule has 6 nitrogen and oxygen atoms in total. The van der Waals surface area contributed by atoms with Crippen LogP contribution in [0.5, 0.6) is 0 Å². The molecule has 0 bridgehead atoms. The second-order valence-electron chi connectivity index (χ2n) is 7.01. The first kappa shape index (κ1) is 14.7. The predicted octanol–water partition coefficient (Wildman–Crippen LogP) is 1.80. The van der Waals surface area contributed by atoms with Crippen LogP contribution in [0.3, 0.4) is 0 Å². The minimum Gasteiger partial charge on any atom is -0.356 e. The number of hydrogen-bond donors (Lipinski definition) is 0. The van der Waals surface area contributed by atoms with E-state index in [1.54, 1.807) is 6.33 Å². The third-order valence-electron chi connectivity index (χ3n) is 5.45. The Kier molecular flexibility index (Phi) is 3.83. The van der Waals surface area contributed by atoms with Gasteiger partial charge in [0.15, 0.2) is 0 Å². The van der Waals surface area contributed by atoms with E-state index in [0.29, 0.717) is 19.1 Å². The second kappa shape index (κ2) is 5.98. The number of rotatable bonds is 2. The Labute approximate surface area is 137 Å². The van der Waals surface area contributed by atoms with Crippen LogP contribution >= 0.6 is 0 Å². The monoisotopic (exact) mass is 315 g/mol. The molecule has 0 radical (unpaired) electrons. The van der Waals surface area contributed by atoms with Crippen LogP contribution < -0.4 is 9.80 Å². The summed E-state index contributed by atoms with van der Waals surface area (Å²) in [5.74, 6) is 2.19. The van der Waals surface area contributed by atoms with Gasteiger partial charge in [0.25, 0.3) is 0 Å². The zero-order chi connectivity index (χ0) is 15.8. The summed E-state index contributed by atoms with van der Waals surface area (Å²) in [6.45, 7) is 3.20. The highest BCUT2D eigenvalue weighted by Crippen LogP contribution is 2.34. The summed E-state index contributed by atoms with van der Waals surface area (Å²) >= 11 is 0. The van der Waals surface area contributed by atoms with Gasteiger partial charge in [-0.2, -0.15) is 0 Å². The minimum atomic E-state index is 0.222. The molecule has 23 heavy (non-hydrogen) atoms. The van der Waals surface area contributed by atoms with Crippen molar-refractivity contribution in [2.24, 2.45) is 0 Å². The first-order valence-corrected chi connectivity index (χ1v) is 8.83. The normalized spacial score (nSPS) is 22.7. The number of aromatic nitrogens is 2. The molecular weight excluding hydrogens is 290 g/mol. The van der Waals surface area contributed by atoms with Gasteiger partial charge in [-0.25, -0.2) is 9.97 Å². The van der Waals surface area contributed by atoms with Crippen LogP contribution in [0.4, 0.5) is 11.6 Å². The Hall–Kier alpha value is -1.85. The summed E-state index contributed by atoms with van der Waals surface area (Å²) < 4.78 is 0. The molecule has 1 saturated carbocycles. The average Bonchev–Trinajstić information content (AvgIpc) is 2.64. The molecule has 4 rings (SSSR count). The second-order valence-corrected chi connectivity index (χ2v) is 7.01. The first-order chi connectivity index (χ1) is 11.2.